The first-order chi connectivity index (χ1) is 15.9. The van der Waals surface area contributed by atoms with Gasteiger partial charge in [-0.2, -0.15) is 18.2 Å². The highest BCUT2D eigenvalue weighted by Crippen LogP contribution is 2.36. The highest BCUT2D eigenvalue weighted by molar-refractivity contribution is 8.00. The zero-order valence-corrected chi connectivity index (χ0v) is 20.0. The number of nitrogens with two attached hydrogens (primary N) is 1. The van der Waals surface area contributed by atoms with E-state index in [-0.39, 0.29) is 35.1 Å². The van der Waals surface area contributed by atoms with E-state index < -0.39 is 11.3 Å². The molecule has 34 heavy (non-hydrogen) atoms. The number of ether oxygens (including phenoxy) is 1. The fourth-order valence-electron chi connectivity index (χ4n) is 3.05. The Morgan fingerprint density at radius 1 is 1.24 bits per heavy atom. The highest BCUT2D eigenvalue weighted by atomic mass is 32.2. The van der Waals surface area contributed by atoms with Crippen molar-refractivity contribution in [2.24, 2.45) is 16.6 Å². The molecule has 1 saturated carbocycles. The molecule has 0 spiro atoms. The summed E-state index contributed by atoms with van der Waals surface area (Å²) in [5, 5.41) is 21.1. The van der Waals surface area contributed by atoms with Gasteiger partial charge in [0, 0.05) is 42.5 Å². The zero-order valence-electron chi connectivity index (χ0n) is 19.2. The third-order valence-electron chi connectivity index (χ3n) is 4.89. The van der Waals surface area contributed by atoms with Gasteiger partial charge >= 0.3 is 5.51 Å². The van der Waals surface area contributed by atoms with Crippen molar-refractivity contribution in [1.82, 2.24) is 9.97 Å². The van der Waals surface area contributed by atoms with Crippen LogP contribution in [0.5, 0.6) is 0 Å². The fourth-order valence-corrected chi connectivity index (χ4v) is 3.59. The van der Waals surface area contributed by atoms with Gasteiger partial charge in [-0.05, 0) is 62.9 Å². The molecule has 1 aromatic heterocycles. The Balaban J connectivity index is 0.000000604. The Hall–Kier alpha value is -2.41. The summed E-state index contributed by atoms with van der Waals surface area (Å²) in [6.07, 6.45) is 4.31. The lowest BCUT2D eigenvalue weighted by atomic mass is 10.1. The third-order valence-corrected chi connectivity index (χ3v) is 5.63. The second-order valence-corrected chi connectivity index (χ2v) is 9.30. The SMILES string of the molecule is COC(C)(C)O.NC(=Nc1ccnc(NC2CCC(CO)C2)n1)c1ccc(SC(F)(F)F)cc1. The van der Waals surface area contributed by atoms with Crippen LogP contribution in [0.2, 0.25) is 0 Å². The summed E-state index contributed by atoms with van der Waals surface area (Å²) in [5.41, 5.74) is 2.14. The minimum Gasteiger partial charge on any atom is -0.396 e. The van der Waals surface area contributed by atoms with Gasteiger partial charge in [-0.15, -0.1) is 0 Å². The number of rotatable bonds is 7. The molecule has 1 aliphatic carbocycles. The number of aromatic nitrogens is 2. The summed E-state index contributed by atoms with van der Waals surface area (Å²) in [4.78, 5) is 12.8. The van der Waals surface area contributed by atoms with Crippen LogP contribution in [-0.4, -0.2) is 57.1 Å². The normalized spacial score (nSPS) is 18.9. The van der Waals surface area contributed by atoms with E-state index in [1.807, 2.05) is 0 Å². The first kappa shape index (κ1) is 27.8. The van der Waals surface area contributed by atoms with Gasteiger partial charge in [-0.3, -0.25) is 0 Å². The molecule has 188 valence electrons. The molecular formula is C22H30F3N5O3S. The van der Waals surface area contributed by atoms with Crippen molar-refractivity contribution >= 4 is 29.4 Å². The van der Waals surface area contributed by atoms with Crippen molar-refractivity contribution < 1.29 is 28.1 Å². The molecular weight excluding hydrogens is 471 g/mol. The monoisotopic (exact) mass is 501 g/mol. The minimum atomic E-state index is -4.33. The predicted octanol–water partition coefficient (Wildman–Crippen LogP) is 4.06. The molecule has 5 N–H and O–H groups in total. The number of methoxy groups -OCH3 is 1. The molecule has 3 rings (SSSR count). The van der Waals surface area contributed by atoms with Gasteiger partial charge in [0.25, 0.3) is 0 Å². The summed E-state index contributed by atoms with van der Waals surface area (Å²) in [7, 11) is 1.46. The predicted molar refractivity (Wildman–Crippen MR) is 126 cm³/mol. The molecule has 2 atom stereocenters. The number of thioether (sulfide) groups is 1. The topological polar surface area (TPSA) is 126 Å². The second kappa shape index (κ2) is 12.3. The van der Waals surface area contributed by atoms with E-state index in [1.54, 1.807) is 26.1 Å². The third kappa shape index (κ3) is 10.2. The van der Waals surface area contributed by atoms with Crippen LogP contribution in [0.1, 0.15) is 38.7 Å². The minimum absolute atomic E-state index is 0.0790. The van der Waals surface area contributed by atoms with E-state index in [4.69, 9.17) is 10.8 Å². The highest BCUT2D eigenvalue weighted by Gasteiger charge is 2.29. The van der Waals surface area contributed by atoms with Gasteiger partial charge in [-0.25, -0.2) is 9.98 Å². The average molecular weight is 502 g/mol. The number of aliphatic imine (C=N–C) groups is 1. The Bertz CT molecular complexity index is 937. The van der Waals surface area contributed by atoms with E-state index in [0.29, 0.717) is 23.2 Å². The molecule has 0 amide bonds. The van der Waals surface area contributed by atoms with Gasteiger partial charge in [0.1, 0.15) is 5.84 Å². The number of nitrogens with one attached hydrogen (secondary N) is 1. The van der Waals surface area contributed by atoms with Gasteiger partial charge in [-0.1, -0.05) is 12.1 Å². The van der Waals surface area contributed by atoms with Crippen LogP contribution < -0.4 is 11.1 Å². The second-order valence-electron chi connectivity index (χ2n) is 8.16. The van der Waals surface area contributed by atoms with Crippen molar-refractivity contribution in [3.63, 3.8) is 0 Å². The van der Waals surface area contributed by atoms with Crippen LogP contribution in [0.3, 0.4) is 0 Å². The maximum atomic E-state index is 12.4. The molecule has 0 aliphatic heterocycles. The summed E-state index contributed by atoms with van der Waals surface area (Å²) in [6.45, 7) is 3.33. The Kier molecular flexibility index (Phi) is 10.1. The number of nitrogens with zero attached hydrogens (tertiary/aromatic N) is 3. The van der Waals surface area contributed by atoms with Crippen molar-refractivity contribution in [1.29, 1.82) is 0 Å². The van der Waals surface area contributed by atoms with Crippen molar-refractivity contribution in [2.75, 3.05) is 19.0 Å². The quantitative estimate of drug-likeness (QED) is 0.194. The number of alkyl halides is 3. The summed E-state index contributed by atoms with van der Waals surface area (Å²) in [5.74, 6) is 0.261. The Morgan fingerprint density at radius 3 is 2.41 bits per heavy atom. The molecule has 0 radical (unpaired) electrons. The van der Waals surface area contributed by atoms with Crippen LogP contribution in [0, 0.1) is 5.92 Å². The van der Waals surface area contributed by atoms with Gasteiger partial charge in [0.05, 0.1) is 0 Å². The molecule has 8 nitrogen and oxygen atoms in total. The van der Waals surface area contributed by atoms with Gasteiger partial charge in [0.15, 0.2) is 11.6 Å². The summed E-state index contributed by atoms with van der Waals surface area (Å²) >= 11 is -0.181. The summed E-state index contributed by atoms with van der Waals surface area (Å²) < 4.78 is 41.7. The van der Waals surface area contributed by atoms with E-state index in [0.717, 1.165) is 19.3 Å². The number of benzene rings is 1. The number of aliphatic hydroxyl groups is 2. The number of halogens is 3. The van der Waals surface area contributed by atoms with Crippen LogP contribution in [-0.2, 0) is 4.74 Å². The van der Waals surface area contributed by atoms with Crippen LogP contribution in [0.15, 0.2) is 46.4 Å². The van der Waals surface area contributed by atoms with Gasteiger partial charge < -0.3 is 26.0 Å². The van der Waals surface area contributed by atoms with E-state index in [2.05, 4.69) is 25.0 Å². The molecule has 0 saturated heterocycles. The molecule has 1 fully saturated rings. The average Bonchev–Trinajstić information content (AvgIpc) is 3.21. The number of amidine groups is 1. The number of hydrogen-bond donors (Lipinski definition) is 4. The van der Waals surface area contributed by atoms with E-state index in [1.165, 1.54) is 31.4 Å². The van der Waals surface area contributed by atoms with Crippen LogP contribution >= 0.6 is 11.8 Å². The maximum absolute atomic E-state index is 12.4. The molecule has 1 heterocycles. The molecule has 2 unspecified atom stereocenters. The standard InChI is InChI=1S/C18H20F3N5OS.C4H10O2/c19-18(20,21)28-14-5-2-12(3-6-14)16(22)25-15-7-8-23-17(26-15)24-13-4-1-11(9-13)10-27;1-4(2,5)6-3/h2-3,5-8,11,13,27H,1,4,9-10H2,(H3,22,23,24,25,26);5H,1-3H3. The fraction of sp³-hybridized carbons (Fsp3) is 0.500. The Morgan fingerprint density at radius 2 is 1.88 bits per heavy atom. The van der Waals surface area contributed by atoms with Crippen molar-refractivity contribution in [2.45, 2.75) is 55.3 Å². The number of aliphatic hydroxyl groups excluding tert-OH is 1. The van der Waals surface area contributed by atoms with Crippen molar-refractivity contribution in [3.05, 3.63) is 42.1 Å². The van der Waals surface area contributed by atoms with Gasteiger partial charge in [0.2, 0.25) is 5.95 Å². The van der Waals surface area contributed by atoms with Crippen LogP contribution in [0.4, 0.5) is 24.9 Å². The largest absolute Gasteiger partial charge is 0.446 e. The molecule has 2 aromatic rings. The first-order valence-electron chi connectivity index (χ1n) is 10.6. The lowest BCUT2D eigenvalue weighted by Crippen LogP contribution is -2.20. The molecule has 0 bridgehead atoms. The number of hydrogen-bond acceptors (Lipinski definition) is 8. The summed E-state index contributed by atoms with van der Waals surface area (Å²) in [6, 6.07) is 7.46. The van der Waals surface area contributed by atoms with Crippen LogP contribution in [0.25, 0.3) is 0 Å². The lowest BCUT2D eigenvalue weighted by molar-refractivity contribution is -0.155. The maximum Gasteiger partial charge on any atom is 0.446 e. The molecule has 12 heteroatoms. The van der Waals surface area contributed by atoms with Crippen molar-refractivity contribution in [3.8, 4) is 0 Å². The molecule has 1 aromatic carbocycles. The zero-order chi connectivity index (χ0) is 25.4. The smallest absolute Gasteiger partial charge is 0.396 e. The lowest BCUT2D eigenvalue weighted by Gasteiger charge is -2.12. The van der Waals surface area contributed by atoms with E-state index >= 15 is 0 Å². The first-order valence-corrected chi connectivity index (χ1v) is 11.4. The molecule has 1 aliphatic rings. The Labute approximate surface area is 200 Å². The van der Waals surface area contributed by atoms with E-state index in [9.17, 15) is 18.3 Å². The number of anilines is 1.